The molecule has 0 saturated heterocycles. The molecule has 1 saturated carbocycles. The van der Waals surface area contributed by atoms with Gasteiger partial charge in [0.15, 0.2) is 0 Å². The maximum absolute atomic E-state index is 4.17. The van der Waals surface area contributed by atoms with Crippen LogP contribution in [0.15, 0.2) is 12.3 Å². The van der Waals surface area contributed by atoms with Gasteiger partial charge in [-0.05, 0) is 31.4 Å². The van der Waals surface area contributed by atoms with Gasteiger partial charge in [0.05, 0.1) is 0 Å². The van der Waals surface area contributed by atoms with Crippen LogP contribution in [0.2, 0.25) is 0 Å². The third-order valence-electron chi connectivity index (χ3n) is 3.64. The quantitative estimate of drug-likeness (QED) is 0.772. The number of aromatic nitrogens is 2. The highest BCUT2D eigenvalue weighted by atomic mass is 15.3. The highest BCUT2D eigenvalue weighted by Crippen LogP contribution is 2.22. The summed E-state index contributed by atoms with van der Waals surface area (Å²) in [6.07, 6.45) is 10.1. The lowest BCUT2D eigenvalue weighted by Gasteiger charge is -2.21. The Hall–Kier alpha value is -0.830. The SMILES string of the molecule is Cn1nccc1CCNCC1CCCCC1. The molecule has 0 spiro atoms. The van der Waals surface area contributed by atoms with Crippen LogP contribution in [0.1, 0.15) is 37.8 Å². The lowest BCUT2D eigenvalue weighted by Crippen LogP contribution is -2.26. The van der Waals surface area contributed by atoms with Crippen LogP contribution in [-0.4, -0.2) is 22.9 Å². The first kappa shape index (κ1) is 11.6. The van der Waals surface area contributed by atoms with E-state index in [2.05, 4.69) is 16.5 Å². The summed E-state index contributed by atoms with van der Waals surface area (Å²) in [5, 5.41) is 7.75. The van der Waals surface area contributed by atoms with Crippen molar-refractivity contribution in [3.8, 4) is 0 Å². The van der Waals surface area contributed by atoms with E-state index in [1.165, 1.54) is 44.3 Å². The van der Waals surface area contributed by atoms with Crippen molar-refractivity contribution in [2.24, 2.45) is 13.0 Å². The molecule has 1 heterocycles. The van der Waals surface area contributed by atoms with Crippen molar-refractivity contribution in [2.45, 2.75) is 38.5 Å². The summed E-state index contributed by atoms with van der Waals surface area (Å²) < 4.78 is 1.96. The molecule has 0 atom stereocenters. The summed E-state index contributed by atoms with van der Waals surface area (Å²) in [7, 11) is 2.01. The van der Waals surface area contributed by atoms with Gasteiger partial charge in [-0.25, -0.2) is 0 Å². The maximum Gasteiger partial charge on any atom is 0.0492 e. The Kier molecular flexibility index (Phi) is 4.40. The number of nitrogens with one attached hydrogen (secondary N) is 1. The van der Waals surface area contributed by atoms with Crippen molar-refractivity contribution in [2.75, 3.05) is 13.1 Å². The molecule has 16 heavy (non-hydrogen) atoms. The van der Waals surface area contributed by atoms with Crippen LogP contribution in [-0.2, 0) is 13.5 Å². The van der Waals surface area contributed by atoms with Gasteiger partial charge in [-0.1, -0.05) is 19.3 Å². The van der Waals surface area contributed by atoms with Crippen LogP contribution in [0.5, 0.6) is 0 Å². The van der Waals surface area contributed by atoms with Crippen molar-refractivity contribution in [3.05, 3.63) is 18.0 Å². The summed E-state index contributed by atoms with van der Waals surface area (Å²) >= 11 is 0. The third kappa shape index (κ3) is 3.34. The van der Waals surface area contributed by atoms with E-state index < -0.39 is 0 Å². The van der Waals surface area contributed by atoms with Crippen molar-refractivity contribution < 1.29 is 0 Å². The molecule has 1 aliphatic carbocycles. The highest BCUT2D eigenvalue weighted by molar-refractivity contribution is 5.00. The normalized spacial score (nSPS) is 17.8. The molecule has 90 valence electrons. The third-order valence-corrected chi connectivity index (χ3v) is 3.64. The average Bonchev–Trinajstić information content (AvgIpc) is 2.72. The standard InChI is InChI=1S/C13H23N3/c1-16-13(8-10-15-16)7-9-14-11-12-5-3-2-4-6-12/h8,10,12,14H,2-7,9,11H2,1H3. The van der Waals surface area contributed by atoms with Gasteiger partial charge in [0.25, 0.3) is 0 Å². The highest BCUT2D eigenvalue weighted by Gasteiger charge is 2.12. The van der Waals surface area contributed by atoms with Crippen molar-refractivity contribution in [1.29, 1.82) is 0 Å². The minimum atomic E-state index is 0.931. The average molecular weight is 221 g/mol. The zero-order valence-corrected chi connectivity index (χ0v) is 10.3. The van der Waals surface area contributed by atoms with Gasteiger partial charge in [0.2, 0.25) is 0 Å². The van der Waals surface area contributed by atoms with E-state index >= 15 is 0 Å². The van der Waals surface area contributed by atoms with E-state index in [9.17, 15) is 0 Å². The molecule has 2 rings (SSSR count). The van der Waals surface area contributed by atoms with Gasteiger partial charge in [0.1, 0.15) is 0 Å². The molecular formula is C13H23N3. The molecule has 1 N–H and O–H groups in total. The Morgan fingerprint density at radius 2 is 2.19 bits per heavy atom. The fourth-order valence-electron chi connectivity index (χ4n) is 2.56. The summed E-state index contributed by atoms with van der Waals surface area (Å²) in [6, 6.07) is 2.10. The smallest absolute Gasteiger partial charge is 0.0492 e. The number of hydrogen-bond acceptors (Lipinski definition) is 2. The van der Waals surface area contributed by atoms with Crippen LogP contribution in [0, 0.1) is 5.92 Å². The molecule has 1 aromatic rings. The fourth-order valence-corrected chi connectivity index (χ4v) is 2.56. The summed E-state index contributed by atoms with van der Waals surface area (Å²) in [6.45, 7) is 2.29. The second kappa shape index (κ2) is 6.04. The van der Waals surface area contributed by atoms with Gasteiger partial charge in [-0.3, -0.25) is 4.68 Å². The van der Waals surface area contributed by atoms with E-state index in [1.54, 1.807) is 0 Å². The molecule has 3 nitrogen and oxygen atoms in total. The van der Waals surface area contributed by atoms with E-state index in [4.69, 9.17) is 0 Å². The maximum atomic E-state index is 4.17. The molecule has 0 bridgehead atoms. The molecule has 3 heteroatoms. The fraction of sp³-hybridized carbons (Fsp3) is 0.769. The van der Waals surface area contributed by atoms with Gasteiger partial charge >= 0.3 is 0 Å². The predicted molar refractivity (Wildman–Crippen MR) is 66.4 cm³/mol. The second-order valence-corrected chi connectivity index (χ2v) is 4.90. The van der Waals surface area contributed by atoms with E-state index in [1.807, 2.05) is 17.9 Å². The Morgan fingerprint density at radius 1 is 1.38 bits per heavy atom. The molecule has 1 fully saturated rings. The molecule has 0 aliphatic heterocycles. The molecule has 1 aliphatic rings. The Labute approximate surface area is 98.2 Å². The molecule has 0 unspecified atom stereocenters. The molecule has 1 aromatic heterocycles. The lowest BCUT2D eigenvalue weighted by molar-refractivity contribution is 0.343. The van der Waals surface area contributed by atoms with Crippen molar-refractivity contribution >= 4 is 0 Å². The van der Waals surface area contributed by atoms with E-state index in [0.29, 0.717) is 0 Å². The topological polar surface area (TPSA) is 29.9 Å². The minimum absolute atomic E-state index is 0.931. The number of rotatable bonds is 5. The zero-order chi connectivity index (χ0) is 11.2. The molecule has 0 amide bonds. The number of hydrogen-bond donors (Lipinski definition) is 1. The monoisotopic (exact) mass is 221 g/mol. The van der Waals surface area contributed by atoms with Crippen LogP contribution in [0.4, 0.5) is 0 Å². The van der Waals surface area contributed by atoms with Gasteiger partial charge in [-0.2, -0.15) is 5.10 Å². The predicted octanol–water partition coefficient (Wildman–Crippen LogP) is 2.13. The Morgan fingerprint density at radius 3 is 2.88 bits per heavy atom. The molecule has 0 radical (unpaired) electrons. The van der Waals surface area contributed by atoms with Crippen LogP contribution in [0.3, 0.4) is 0 Å². The first-order chi connectivity index (χ1) is 7.86. The molecular weight excluding hydrogens is 198 g/mol. The summed E-state index contributed by atoms with van der Waals surface area (Å²) in [4.78, 5) is 0. The van der Waals surface area contributed by atoms with Crippen LogP contribution < -0.4 is 5.32 Å². The van der Waals surface area contributed by atoms with E-state index in [0.717, 1.165) is 18.9 Å². The van der Waals surface area contributed by atoms with Gasteiger partial charge < -0.3 is 5.32 Å². The first-order valence-corrected chi connectivity index (χ1v) is 6.54. The summed E-state index contributed by atoms with van der Waals surface area (Å²) in [5.41, 5.74) is 1.32. The Balaban J connectivity index is 1.59. The minimum Gasteiger partial charge on any atom is -0.316 e. The van der Waals surface area contributed by atoms with Crippen molar-refractivity contribution in [1.82, 2.24) is 15.1 Å². The lowest BCUT2D eigenvalue weighted by atomic mass is 9.89. The van der Waals surface area contributed by atoms with Gasteiger partial charge in [-0.15, -0.1) is 0 Å². The summed E-state index contributed by atoms with van der Waals surface area (Å²) in [5.74, 6) is 0.931. The number of aryl methyl sites for hydroxylation is 1. The largest absolute Gasteiger partial charge is 0.316 e. The first-order valence-electron chi connectivity index (χ1n) is 6.54. The zero-order valence-electron chi connectivity index (χ0n) is 10.3. The van der Waals surface area contributed by atoms with Gasteiger partial charge in [0, 0.05) is 31.9 Å². The van der Waals surface area contributed by atoms with Crippen molar-refractivity contribution in [3.63, 3.8) is 0 Å². The van der Waals surface area contributed by atoms with Crippen LogP contribution >= 0.6 is 0 Å². The molecule has 0 aromatic carbocycles. The Bertz CT molecular complexity index is 300. The second-order valence-electron chi connectivity index (χ2n) is 4.90. The van der Waals surface area contributed by atoms with Crippen LogP contribution in [0.25, 0.3) is 0 Å². The number of nitrogens with zero attached hydrogens (tertiary/aromatic N) is 2. The van der Waals surface area contributed by atoms with E-state index in [-0.39, 0.29) is 0 Å².